The van der Waals surface area contributed by atoms with E-state index < -0.39 is 0 Å². The zero-order chi connectivity index (χ0) is 16.9. The smallest absolute Gasteiger partial charge is 0.310 e. The van der Waals surface area contributed by atoms with Crippen molar-refractivity contribution < 1.29 is 14.3 Å². The topological polar surface area (TPSA) is 62.4 Å². The third-order valence-corrected chi connectivity index (χ3v) is 4.79. The number of esters is 1. The van der Waals surface area contributed by atoms with Gasteiger partial charge in [-0.25, -0.2) is 0 Å². The average Bonchev–Trinajstić information content (AvgIpc) is 3.02. The molecule has 0 aliphatic carbocycles. The number of benzene rings is 1. The van der Waals surface area contributed by atoms with Gasteiger partial charge in [0.05, 0.1) is 6.42 Å². The van der Waals surface area contributed by atoms with E-state index in [4.69, 9.17) is 4.74 Å². The van der Waals surface area contributed by atoms with Gasteiger partial charge in [-0.05, 0) is 37.3 Å². The highest BCUT2D eigenvalue weighted by atomic mass is 16.5. The van der Waals surface area contributed by atoms with E-state index in [0.717, 1.165) is 42.3 Å². The summed E-state index contributed by atoms with van der Waals surface area (Å²) in [5, 5.41) is 1.02. The summed E-state index contributed by atoms with van der Waals surface area (Å²) in [5.41, 5.74) is 1.89. The van der Waals surface area contributed by atoms with Gasteiger partial charge >= 0.3 is 5.97 Å². The maximum atomic E-state index is 12.3. The molecule has 1 saturated heterocycles. The van der Waals surface area contributed by atoms with Crippen molar-refractivity contribution in [1.82, 2.24) is 9.88 Å². The number of para-hydroxylation sites is 1. The number of ether oxygens (including phenoxy) is 1. The first kappa shape index (κ1) is 16.6. The molecule has 1 aliphatic heterocycles. The summed E-state index contributed by atoms with van der Waals surface area (Å²) >= 11 is 0. The van der Waals surface area contributed by atoms with Gasteiger partial charge in [-0.15, -0.1) is 0 Å². The number of hydrogen-bond donors (Lipinski definition) is 1. The fraction of sp³-hybridized carbons (Fsp3) is 0.474. The van der Waals surface area contributed by atoms with Crippen LogP contribution in [-0.4, -0.2) is 41.0 Å². The number of carbonyl (C=O) groups excluding carboxylic acids is 2. The average molecular weight is 328 g/mol. The summed E-state index contributed by atoms with van der Waals surface area (Å²) < 4.78 is 5.23. The van der Waals surface area contributed by atoms with E-state index in [2.05, 4.69) is 11.9 Å². The van der Waals surface area contributed by atoms with E-state index in [-0.39, 0.29) is 24.9 Å². The zero-order valence-corrected chi connectivity index (χ0v) is 14.1. The van der Waals surface area contributed by atoms with E-state index in [1.54, 1.807) is 0 Å². The Bertz CT molecular complexity index is 722. The van der Waals surface area contributed by atoms with Gasteiger partial charge in [0.2, 0.25) is 0 Å². The van der Waals surface area contributed by atoms with Crippen LogP contribution in [0.5, 0.6) is 0 Å². The summed E-state index contributed by atoms with van der Waals surface area (Å²) in [6.45, 7) is 2.72. The number of nitrogens with one attached hydrogen (secondary N) is 1. The largest absolute Gasteiger partial charge is 0.455 e. The van der Waals surface area contributed by atoms with Crippen molar-refractivity contribution >= 4 is 22.8 Å². The van der Waals surface area contributed by atoms with Gasteiger partial charge < -0.3 is 14.6 Å². The number of likely N-dealkylation sites (tertiary alicyclic amines) is 1. The first-order chi connectivity index (χ1) is 11.7. The Balaban J connectivity index is 1.54. The molecular weight excluding hydrogens is 304 g/mol. The fourth-order valence-corrected chi connectivity index (χ4v) is 3.46. The minimum Gasteiger partial charge on any atom is -0.455 e. The minimum absolute atomic E-state index is 0.0752. The van der Waals surface area contributed by atoms with E-state index in [1.165, 1.54) is 6.42 Å². The Morgan fingerprint density at radius 1 is 1.29 bits per heavy atom. The number of aromatic amines is 1. The van der Waals surface area contributed by atoms with Gasteiger partial charge in [0.15, 0.2) is 6.61 Å². The lowest BCUT2D eigenvalue weighted by molar-refractivity contribution is -0.153. The van der Waals surface area contributed by atoms with Gasteiger partial charge in [0.25, 0.3) is 5.91 Å². The van der Waals surface area contributed by atoms with Crippen LogP contribution in [0, 0.1) is 0 Å². The molecule has 1 fully saturated rings. The molecule has 0 spiro atoms. The number of amides is 1. The highest BCUT2D eigenvalue weighted by Gasteiger charge is 2.25. The Morgan fingerprint density at radius 3 is 2.96 bits per heavy atom. The quantitative estimate of drug-likeness (QED) is 0.858. The minimum atomic E-state index is -0.363. The molecule has 0 radical (unpaired) electrons. The molecule has 1 amide bonds. The molecule has 1 atom stereocenters. The maximum absolute atomic E-state index is 12.3. The summed E-state index contributed by atoms with van der Waals surface area (Å²) in [6.07, 6.45) is 6.20. The van der Waals surface area contributed by atoms with Crippen LogP contribution in [0.4, 0.5) is 0 Å². The first-order valence-electron chi connectivity index (χ1n) is 8.69. The number of H-pyrrole nitrogens is 1. The molecule has 1 N–H and O–H groups in total. The highest BCUT2D eigenvalue weighted by Crippen LogP contribution is 2.20. The van der Waals surface area contributed by atoms with Gasteiger partial charge in [-0.3, -0.25) is 9.59 Å². The van der Waals surface area contributed by atoms with Crippen LogP contribution in [0.2, 0.25) is 0 Å². The number of nitrogens with zero attached hydrogens (tertiary/aromatic N) is 1. The summed E-state index contributed by atoms with van der Waals surface area (Å²) in [4.78, 5) is 29.4. The molecule has 128 valence electrons. The lowest BCUT2D eigenvalue weighted by Gasteiger charge is -2.35. The molecule has 1 aromatic carbocycles. The van der Waals surface area contributed by atoms with Gasteiger partial charge in [-0.2, -0.15) is 0 Å². The Kier molecular flexibility index (Phi) is 5.18. The van der Waals surface area contributed by atoms with Crippen molar-refractivity contribution in [2.24, 2.45) is 0 Å². The van der Waals surface area contributed by atoms with Crippen LogP contribution >= 0.6 is 0 Å². The third-order valence-electron chi connectivity index (χ3n) is 4.79. The van der Waals surface area contributed by atoms with E-state index >= 15 is 0 Å². The van der Waals surface area contributed by atoms with Crippen molar-refractivity contribution in [3.8, 4) is 0 Å². The number of rotatable bonds is 5. The molecule has 1 aliphatic rings. The zero-order valence-electron chi connectivity index (χ0n) is 14.1. The van der Waals surface area contributed by atoms with Crippen molar-refractivity contribution in [3.05, 3.63) is 36.0 Å². The number of fused-ring (bicyclic) bond motifs is 1. The molecule has 0 saturated carbocycles. The van der Waals surface area contributed by atoms with E-state index in [9.17, 15) is 9.59 Å². The van der Waals surface area contributed by atoms with Crippen LogP contribution in [0.1, 0.15) is 38.2 Å². The Labute approximate surface area is 142 Å². The monoisotopic (exact) mass is 328 g/mol. The molecule has 2 heterocycles. The Hall–Kier alpha value is -2.30. The highest BCUT2D eigenvalue weighted by molar-refractivity contribution is 5.88. The first-order valence-corrected chi connectivity index (χ1v) is 8.69. The fourth-order valence-electron chi connectivity index (χ4n) is 3.46. The SMILES string of the molecule is CC[C@H]1CCCCN1C(=O)COC(=O)Cc1c[nH]c2ccccc12. The van der Waals surface area contributed by atoms with Crippen LogP contribution in [0.15, 0.2) is 30.5 Å². The molecule has 3 rings (SSSR count). The molecule has 5 nitrogen and oxygen atoms in total. The van der Waals surface area contributed by atoms with Gasteiger partial charge in [0.1, 0.15) is 0 Å². The van der Waals surface area contributed by atoms with Crippen molar-refractivity contribution in [2.75, 3.05) is 13.2 Å². The molecule has 2 aromatic rings. The van der Waals surface area contributed by atoms with E-state index in [1.807, 2.05) is 35.4 Å². The number of piperidine rings is 1. The molecule has 0 unspecified atom stereocenters. The Morgan fingerprint density at radius 2 is 2.12 bits per heavy atom. The molecule has 0 bridgehead atoms. The second kappa shape index (κ2) is 7.51. The third kappa shape index (κ3) is 3.61. The van der Waals surface area contributed by atoms with Crippen LogP contribution < -0.4 is 0 Å². The molecule has 5 heteroatoms. The maximum Gasteiger partial charge on any atom is 0.310 e. The molecule has 24 heavy (non-hydrogen) atoms. The summed E-state index contributed by atoms with van der Waals surface area (Å²) in [6, 6.07) is 8.12. The lowest BCUT2D eigenvalue weighted by Crippen LogP contribution is -2.45. The summed E-state index contributed by atoms with van der Waals surface area (Å²) in [5.74, 6) is -0.438. The predicted octanol–water partition coefficient (Wildman–Crippen LogP) is 3.04. The van der Waals surface area contributed by atoms with Gasteiger partial charge in [-0.1, -0.05) is 25.1 Å². The summed E-state index contributed by atoms with van der Waals surface area (Å²) in [7, 11) is 0. The molecule has 1 aromatic heterocycles. The van der Waals surface area contributed by atoms with Crippen molar-refractivity contribution in [3.63, 3.8) is 0 Å². The molecular formula is C19H24N2O3. The van der Waals surface area contributed by atoms with Crippen molar-refractivity contribution in [2.45, 2.75) is 45.1 Å². The van der Waals surface area contributed by atoms with Crippen LogP contribution in [-0.2, 0) is 20.7 Å². The van der Waals surface area contributed by atoms with Crippen LogP contribution in [0.25, 0.3) is 10.9 Å². The second-order valence-corrected chi connectivity index (χ2v) is 6.34. The number of carbonyl (C=O) groups is 2. The standard InChI is InChI=1S/C19H24N2O3/c1-2-15-7-5-6-10-21(15)18(22)13-24-19(23)11-14-12-20-17-9-4-3-8-16(14)17/h3-4,8-9,12,15,20H,2,5-7,10-11,13H2,1H3/t15-/m0/s1. The predicted molar refractivity (Wildman–Crippen MR) is 92.6 cm³/mol. The number of hydrogen-bond acceptors (Lipinski definition) is 3. The van der Waals surface area contributed by atoms with Crippen molar-refractivity contribution in [1.29, 1.82) is 0 Å². The van der Waals surface area contributed by atoms with Gasteiger partial charge in [0, 0.05) is 29.7 Å². The lowest BCUT2D eigenvalue weighted by atomic mass is 10.00. The van der Waals surface area contributed by atoms with Crippen LogP contribution in [0.3, 0.4) is 0 Å². The second-order valence-electron chi connectivity index (χ2n) is 6.34. The number of aromatic nitrogens is 1. The normalized spacial score (nSPS) is 17.9. The van der Waals surface area contributed by atoms with E-state index in [0.29, 0.717) is 6.04 Å².